The van der Waals surface area contributed by atoms with E-state index in [4.69, 9.17) is 9.47 Å². The van der Waals surface area contributed by atoms with Gasteiger partial charge in [0, 0.05) is 42.2 Å². The van der Waals surface area contributed by atoms with Crippen LogP contribution in [-0.2, 0) is 0 Å². The van der Waals surface area contributed by atoms with Crippen LogP contribution in [0.5, 0.6) is 11.5 Å². The van der Waals surface area contributed by atoms with Crippen LogP contribution in [0.2, 0.25) is 0 Å². The van der Waals surface area contributed by atoms with E-state index in [1.54, 1.807) is 55.3 Å². The fraction of sp³-hybridized carbons (Fsp3) is 0.286. The minimum atomic E-state index is -0.384. The molecule has 4 aromatic rings. The Balaban J connectivity index is 1.46. The maximum atomic E-state index is 13.0. The summed E-state index contributed by atoms with van der Waals surface area (Å²) in [4.78, 5) is 32.0. The number of nitrogens with zero attached hydrogens (tertiary/aromatic N) is 4. The smallest absolute Gasteiger partial charge is 0.276 e. The molecule has 0 saturated heterocycles. The highest BCUT2D eigenvalue weighted by Gasteiger charge is 2.16. The van der Waals surface area contributed by atoms with Crippen molar-refractivity contribution in [3.8, 4) is 22.8 Å². The van der Waals surface area contributed by atoms with E-state index in [1.807, 2.05) is 24.3 Å². The number of carbonyl (C=O) groups excluding carboxylic acids is 2. The van der Waals surface area contributed by atoms with E-state index >= 15 is 0 Å². The molecule has 198 valence electrons. The zero-order chi connectivity index (χ0) is 27.1. The zero-order valence-electron chi connectivity index (χ0n) is 22.0. The van der Waals surface area contributed by atoms with Crippen LogP contribution in [0.25, 0.3) is 16.9 Å². The number of methoxy groups -OCH3 is 2. The maximum absolute atomic E-state index is 13.0. The van der Waals surface area contributed by atoms with Gasteiger partial charge in [-0.25, -0.2) is 9.50 Å². The molecule has 10 heteroatoms. The lowest BCUT2D eigenvalue weighted by molar-refractivity contribution is 0.0948. The van der Waals surface area contributed by atoms with E-state index in [1.165, 1.54) is 0 Å². The van der Waals surface area contributed by atoms with Crippen LogP contribution in [-0.4, -0.2) is 71.7 Å². The summed E-state index contributed by atoms with van der Waals surface area (Å²) in [6.07, 6.45) is 1.66. The summed E-state index contributed by atoms with van der Waals surface area (Å²) in [6.45, 7) is 7.46. The third-order valence-corrected chi connectivity index (χ3v) is 6.28. The van der Waals surface area contributed by atoms with Gasteiger partial charge in [-0.1, -0.05) is 13.8 Å². The number of benzene rings is 2. The monoisotopic (exact) mass is 516 g/mol. The first-order valence-corrected chi connectivity index (χ1v) is 12.5. The molecule has 2 aromatic carbocycles. The predicted molar refractivity (Wildman–Crippen MR) is 146 cm³/mol. The number of fused-ring (bicyclic) bond motifs is 1. The SMILES string of the molecule is CCN(CC)CCNC(=O)c1ccc(NC(=O)c2cc3nccc(-c4ccc(OC)c(OC)c4)n3n2)cc1. The van der Waals surface area contributed by atoms with Gasteiger partial charge < -0.3 is 25.0 Å². The van der Waals surface area contributed by atoms with Gasteiger partial charge in [-0.3, -0.25) is 9.59 Å². The number of amides is 2. The van der Waals surface area contributed by atoms with E-state index in [2.05, 4.69) is 39.5 Å². The summed E-state index contributed by atoms with van der Waals surface area (Å²) >= 11 is 0. The lowest BCUT2D eigenvalue weighted by atomic mass is 10.1. The summed E-state index contributed by atoms with van der Waals surface area (Å²) < 4.78 is 12.4. The van der Waals surface area contributed by atoms with Crippen LogP contribution in [0.1, 0.15) is 34.7 Å². The Morgan fingerprint density at radius 2 is 1.66 bits per heavy atom. The van der Waals surface area contributed by atoms with E-state index < -0.39 is 0 Å². The second-order valence-electron chi connectivity index (χ2n) is 8.51. The molecule has 2 N–H and O–H groups in total. The summed E-state index contributed by atoms with van der Waals surface area (Å²) in [7, 11) is 3.16. The highest BCUT2D eigenvalue weighted by atomic mass is 16.5. The quantitative estimate of drug-likeness (QED) is 0.313. The molecule has 0 unspecified atom stereocenters. The van der Waals surface area contributed by atoms with Crippen molar-refractivity contribution in [1.29, 1.82) is 0 Å². The lowest BCUT2D eigenvalue weighted by Crippen LogP contribution is -2.34. The predicted octanol–water partition coefficient (Wildman–Crippen LogP) is 3.74. The van der Waals surface area contributed by atoms with Crippen molar-refractivity contribution in [2.45, 2.75) is 13.8 Å². The van der Waals surface area contributed by atoms with Crippen LogP contribution >= 0.6 is 0 Å². The third-order valence-electron chi connectivity index (χ3n) is 6.28. The van der Waals surface area contributed by atoms with Crippen molar-refractivity contribution in [1.82, 2.24) is 24.8 Å². The fourth-order valence-electron chi connectivity index (χ4n) is 4.09. The average molecular weight is 517 g/mol. The number of likely N-dealkylation sites (N-methyl/N-ethyl adjacent to an activating group) is 1. The number of ether oxygens (including phenoxy) is 2. The van der Waals surface area contributed by atoms with E-state index in [0.717, 1.165) is 30.9 Å². The van der Waals surface area contributed by atoms with Gasteiger partial charge in [0.2, 0.25) is 0 Å². The van der Waals surface area contributed by atoms with E-state index in [0.29, 0.717) is 34.9 Å². The van der Waals surface area contributed by atoms with Gasteiger partial charge in [-0.05, 0) is 61.6 Å². The molecule has 0 radical (unpaired) electrons. The van der Waals surface area contributed by atoms with Gasteiger partial charge in [0.05, 0.1) is 19.9 Å². The summed E-state index contributed by atoms with van der Waals surface area (Å²) in [5.41, 5.74) is 3.39. The Bertz CT molecular complexity index is 1410. The molecule has 0 aliphatic heterocycles. The third kappa shape index (κ3) is 5.92. The Morgan fingerprint density at radius 3 is 2.34 bits per heavy atom. The average Bonchev–Trinajstić information content (AvgIpc) is 3.40. The lowest BCUT2D eigenvalue weighted by Gasteiger charge is -2.17. The molecular formula is C28H32N6O4. The highest BCUT2D eigenvalue weighted by Crippen LogP contribution is 2.32. The second-order valence-corrected chi connectivity index (χ2v) is 8.51. The topological polar surface area (TPSA) is 110 Å². The molecule has 38 heavy (non-hydrogen) atoms. The van der Waals surface area contributed by atoms with Gasteiger partial charge in [-0.2, -0.15) is 5.10 Å². The zero-order valence-corrected chi connectivity index (χ0v) is 22.0. The van der Waals surface area contributed by atoms with Gasteiger partial charge >= 0.3 is 0 Å². The summed E-state index contributed by atoms with van der Waals surface area (Å²) in [6, 6.07) is 15.7. The number of anilines is 1. The number of aromatic nitrogens is 3. The molecule has 2 amide bonds. The molecule has 0 aliphatic rings. The standard InChI is InChI=1S/C28H32N6O4/c1-5-33(6-2)16-15-30-27(35)19-7-10-21(11-8-19)31-28(36)22-18-26-29-14-13-23(34(26)32-22)20-9-12-24(37-3)25(17-20)38-4/h7-14,17-18H,5-6,15-16H2,1-4H3,(H,30,35)(H,31,36). The van der Waals surface area contributed by atoms with Crippen LogP contribution in [0.15, 0.2) is 60.8 Å². The molecule has 2 aromatic heterocycles. The van der Waals surface area contributed by atoms with Crippen LogP contribution in [0.3, 0.4) is 0 Å². The number of rotatable bonds is 11. The summed E-state index contributed by atoms with van der Waals surface area (Å²) in [5.74, 6) is 0.667. The first-order valence-electron chi connectivity index (χ1n) is 12.5. The minimum absolute atomic E-state index is 0.149. The van der Waals surface area contributed by atoms with Crippen molar-refractivity contribution in [3.05, 3.63) is 72.1 Å². The van der Waals surface area contributed by atoms with Crippen molar-refractivity contribution >= 4 is 23.1 Å². The van der Waals surface area contributed by atoms with Gasteiger partial charge in [-0.15, -0.1) is 0 Å². The molecule has 0 aliphatic carbocycles. The Kier molecular flexibility index (Phi) is 8.55. The first-order chi connectivity index (χ1) is 18.5. The Morgan fingerprint density at radius 1 is 0.921 bits per heavy atom. The number of carbonyl (C=O) groups is 2. The van der Waals surface area contributed by atoms with Crippen LogP contribution < -0.4 is 20.1 Å². The minimum Gasteiger partial charge on any atom is -0.493 e. The second kappa shape index (κ2) is 12.2. The van der Waals surface area contributed by atoms with Crippen molar-refractivity contribution in [2.24, 2.45) is 0 Å². The number of hydrogen-bond acceptors (Lipinski definition) is 7. The van der Waals surface area contributed by atoms with E-state index in [-0.39, 0.29) is 17.5 Å². The van der Waals surface area contributed by atoms with Crippen molar-refractivity contribution in [2.75, 3.05) is 45.7 Å². The highest BCUT2D eigenvalue weighted by molar-refractivity contribution is 6.04. The molecular weight excluding hydrogens is 484 g/mol. The largest absolute Gasteiger partial charge is 0.493 e. The van der Waals surface area contributed by atoms with Gasteiger partial charge in [0.15, 0.2) is 22.8 Å². The first kappa shape index (κ1) is 26.6. The van der Waals surface area contributed by atoms with Crippen molar-refractivity contribution in [3.63, 3.8) is 0 Å². The molecule has 0 saturated carbocycles. The Hall–Kier alpha value is -4.44. The normalized spacial score (nSPS) is 11.0. The maximum Gasteiger partial charge on any atom is 0.276 e. The summed E-state index contributed by atoms with van der Waals surface area (Å²) in [5, 5.41) is 10.3. The fourth-order valence-corrected chi connectivity index (χ4v) is 4.09. The molecule has 0 spiro atoms. The van der Waals surface area contributed by atoms with Crippen LogP contribution in [0.4, 0.5) is 5.69 Å². The van der Waals surface area contributed by atoms with Crippen molar-refractivity contribution < 1.29 is 19.1 Å². The van der Waals surface area contributed by atoms with Gasteiger partial charge in [0.25, 0.3) is 11.8 Å². The molecule has 4 rings (SSSR count). The number of nitrogens with one attached hydrogen (secondary N) is 2. The molecule has 0 bridgehead atoms. The Labute approximate surface area is 221 Å². The van der Waals surface area contributed by atoms with Crippen LogP contribution in [0, 0.1) is 0 Å². The van der Waals surface area contributed by atoms with Gasteiger partial charge in [0.1, 0.15) is 0 Å². The van der Waals surface area contributed by atoms with E-state index in [9.17, 15) is 9.59 Å². The molecule has 0 atom stereocenters. The molecule has 2 heterocycles. The number of hydrogen-bond donors (Lipinski definition) is 2. The molecule has 10 nitrogen and oxygen atoms in total. The molecule has 0 fully saturated rings.